The lowest BCUT2D eigenvalue weighted by Crippen LogP contribution is -2.46. The Hall–Kier alpha value is -3.58. The van der Waals surface area contributed by atoms with Crippen LogP contribution in [-0.4, -0.2) is 49.2 Å². The van der Waals surface area contributed by atoms with E-state index in [0.717, 1.165) is 24.3 Å². The standard InChI is InChI=1S/C24H27N3O4/c1-27(2)13-6-14-31-19-11-9-17(10-12-19)15-20-23(28)26-21(24(29)25-20)16-18-7-4-5-8-22(18)30-3/h4-5,7-12,15-16H,6,13-14H2,1-3H3,(H,25,29)(H,26,28)/b20-15-,21-16-. The SMILES string of the molecule is COc1ccccc1/C=c1\[nH]c(=O)/c(=C/c2ccc(OCCCN(C)C)cc2)[nH]c1=O. The van der Waals surface area contributed by atoms with E-state index in [2.05, 4.69) is 14.9 Å². The molecule has 0 aliphatic heterocycles. The summed E-state index contributed by atoms with van der Waals surface area (Å²) < 4.78 is 11.0. The van der Waals surface area contributed by atoms with E-state index in [1.165, 1.54) is 0 Å². The van der Waals surface area contributed by atoms with Crippen LogP contribution >= 0.6 is 0 Å². The second-order valence-electron chi connectivity index (χ2n) is 7.34. The second-order valence-corrected chi connectivity index (χ2v) is 7.34. The summed E-state index contributed by atoms with van der Waals surface area (Å²) in [6, 6.07) is 14.6. The number of aromatic amines is 2. The molecule has 0 amide bonds. The van der Waals surface area contributed by atoms with E-state index in [9.17, 15) is 9.59 Å². The summed E-state index contributed by atoms with van der Waals surface area (Å²) in [7, 11) is 5.61. The molecular formula is C24H27N3O4. The van der Waals surface area contributed by atoms with Gasteiger partial charge in [0, 0.05) is 12.1 Å². The van der Waals surface area contributed by atoms with Crippen LogP contribution in [0.2, 0.25) is 0 Å². The van der Waals surface area contributed by atoms with Crippen molar-refractivity contribution >= 4 is 12.2 Å². The molecule has 0 radical (unpaired) electrons. The number of para-hydroxylation sites is 1. The molecule has 2 aromatic carbocycles. The predicted molar refractivity (Wildman–Crippen MR) is 122 cm³/mol. The van der Waals surface area contributed by atoms with Gasteiger partial charge in [0.15, 0.2) is 0 Å². The molecule has 0 spiro atoms. The number of hydrogen-bond donors (Lipinski definition) is 2. The minimum atomic E-state index is -0.391. The van der Waals surface area contributed by atoms with Gasteiger partial charge < -0.3 is 24.3 Å². The number of benzene rings is 2. The number of rotatable bonds is 8. The van der Waals surface area contributed by atoms with Crippen LogP contribution in [0.5, 0.6) is 11.5 Å². The topological polar surface area (TPSA) is 87.4 Å². The molecule has 7 heteroatoms. The first-order valence-corrected chi connectivity index (χ1v) is 10.0. The Morgan fingerprint density at radius 2 is 1.55 bits per heavy atom. The Labute approximate surface area is 180 Å². The summed E-state index contributed by atoms with van der Waals surface area (Å²) >= 11 is 0. The Morgan fingerprint density at radius 1 is 0.903 bits per heavy atom. The van der Waals surface area contributed by atoms with Gasteiger partial charge in [0.1, 0.15) is 22.2 Å². The van der Waals surface area contributed by atoms with Crippen LogP contribution in [0.25, 0.3) is 12.2 Å². The van der Waals surface area contributed by atoms with Crippen molar-refractivity contribution in [1.82, 2.24) is 14.9 Å². The molecule has 31 heavy (non-hydrogen) atoms. The highest BCUT2D eigenvalue weighted by atomic mass is 16.5. The first kappa shape index (κ1) is 22.1. The van der Waals surface area contributed by atoms with Gasteiger partial charge in [0.05, 0.1) is 13.7 Å². The quantitative estimate of drug-likeness (QED) is 0.531. The van der Waals surface area contributed by atoms with Crippen LogP contribution in [0.4, 0.5) is 0 Å². The summed E-state index contributed by atoms with van der Waals surface area (Å²) in [5.74, 6) is 1.38. The van der Waals surface area contributed by atoms with Crippen LogP contribution in [0.15, 0.2) is 58.1 Å². The Morgan fingerprint density at radius 3 is 2.19 bits per heavy atom. The number of methoxy groups -OCH3 is 1. The van der Waals surface area contributed by atoms with Crippen LogP contribution in [0.3, 0.4) is 0 Å². The number of H-pyrrole nitrogens is 2. The lowest BCUT2D eigenvalue weighted by Gasteiger charge is -2.10. The van der Waals surface area contributed by atoms with Gasteiger partial charge in [-0.3, -0.25) is 9.59 Å². The molecule has 0 unspecified atom stereocenters. The number of nitrogens with one attached hydrogen (secondary N) is 2. The van der Waals surface area contributed by atoms with E-state index in [1.54, 1.807) is 31.4 Å². The molecule has 0 atom stereocenters. The summed E-state index contributed by atoms with van der Waals surface area (Å²) in [6.45, 7) is 1.60. The van der Waals surface area contributed by atoms with Crippen molar-refractivity contribution in [3.63, 3.8) is 0 Å². The number of nitrogens with zero attached hydrogens (tertiary/aromatic N) is 1. The third-order valence-electron chi connectivity index (χ3n) is 4.63. The molecule has 3 aromatic rings. The molecule has 0 aliphatic carbocycles. The van der Waals surface area contributed by atoms with Crippen molar-refractivity contribution in [1.29, 1.82) is 0 Å². The van der Waals surface area contributed by atoms with Gasteiger partial charge in [-0.1, -0.05) is 30.3 Å². The zero-order valence-corrected chi connectivity index (χ0v) is 18.0. The van der Waals surface area contributed by atoms with Crippen LogP contribution in [0, 0.1) is 0 Å². The normalized spacial score (nSPS) is 12.4. The number of aromatic nitrogens is 2. The predicted octanol–water partition coefficient (Wildman–Crippen LogP) is 1.06. The Balaban J connectivity index is 1.82. The maximum absolute atomic E-state index is 12.5. The van der Waals surface area contributed by atoms with E-state index in [-0.39, 0.29) is 16.3 Å². The van der Waals surface area contributed by atoms with Crippen molar-refractivity contribution in [2.45, 2.75) is 6.42 Å². The molecule has 1 heterocycles. The van der Waals surface area contributed by atoms with Gasteiger partial charge in [-0.2, -0.15) is 0 Å². The fourth-order valence-electron chi connectivity index (χ4n) is 3.04. The highest BCUT2D eigenvalue weighted by Crippen LogP contribution is 2.17. The Kier molecular flexibility index (Phi) is 7.45. The van der Waals surface area contributed by atoms with Crippen molar-refractivity contribution in [3.05, 3.63) is 91.1 Å². The van der Waals surface area contributed by atoms with Crippen molar-refractivity contribution in [2.24, 2.45) is 0 Å². The largest absolute Gasteiger partial charge is 0.496 e. The molecule has 1 aromatic heterocycles. The smallest absolute Gasteiger partial charge is 0.272 e. The van der Waals surface area contributed by atoms with Gasteiger partial charge in [-0.05, 0) is 56.4 Å². The molecule has 0 bridgehead atoms. The van der Waals surface area contributed by atoms with Gasteiger partial charge in [-0.25, -0.2) is 0 Å². The third kappa shape index (κ3) is 6.20. The fourth-order valence-corrected chi connectivity index (χ4v) is 3.04. The molecule has 3 rings (SSSR count). The first-order chi connectivity index (χ1) is 15.0. The van der Waals surface area contributed by atoms with E-state index in [0.29, 0.717) is 17.9 Å². The molecule has 0 fully saturated rings. The van der Waals surface area contributed by atoms with Crippen LogP contribution in [0.1, 0.15) is 17.5 Å². The van der Waals surface area contributed by atoms with E-state index in [1.807, 2.05) is 50.5 Å². The highest BCUT2D eigenvalue weighted by Gasteiger charge is 2.01. The van der Waals surface area contributed by atoms with E-state index < -0.39 is 5.56 Å². The molecule has 0 saturated heterocycles. The molecular weight excluding hydrogens is 394 g/mol. The molecule has 162 valence electrons. The maximum Gasteiger partial charge on any atom is 0.272 e. The van der Waals surface area contributed by atoms with E-state index >= 15 is 0 Å². The van der Waals surface area contributed by atoms with Gasteiger partial charge in [-0.15, -0.1) is 0 Å². The molecule has 0 aliphatic rings. The average molecular weight is 421 g/mol. The third-order valence-corrected chi connectivity index (χ3v) is 4.63. The zero-order chi connectivity index (χ0) is 22.2. The van der Waals surface area contributed by atoms with Crippen molar-refractivity contribution in [3.8, 4) is 11.5 Å². The summed E-state index contributed by atoms with van der Waals surface area (Å²) in [4.78, 5) is 32.4. The minimum Gasteiger partial charge on any atom is -0.496 e. The van der Waals surface area contributed by atoms with E-state index in [4.69, 9.17) is 9.47 Å². The summed E-state index contributed by atoms with van der Waals surface area (Å²) in [5.41, 5.74) is 0.703. The minimum absolute atomic E-state index is 0.160. The average Bonchev–Trinajstić information content (AvgIpc) is 2.76. The highest BCUT2D eigenvalue weighted by molar-refractivity contribution is 5.56. The second kappa shape index (κ2) is 10.4. The molecule has 0 saturated carbocycles. The monoisotopic (exact) mass is 421 g/mol. The number of hydrogen-bond acceptors (Lipinski definition) is 5. The van der Waals surface area contributed by atoms with Gasteiger partial charge >= 0.3 is 0 Å². The van der Waals surface area contributed by atoms with Gasteiger partial charge in [0.2, 0.25) is 0 Å². The lowest BCUT2D eigenvalue weighted by molar-refractivity contribution is 0.281. The fraction of sp³-hybridized carbons (Fsp3) is 0.250. The Bertz CT molecular complexity index is 1240. The van der Waals surface area contributed by atoms with Crippen molar-refractivity contribution < 1.29 is 9.47 Å². The first-order valence-electron chi connectivity index (χ1n) is 10.0. The molecule has 2 N–H and O–H groups in total. The zero-order valence-electron chi connectivity index (χ0n) is 18.0. The summed E-state index contributed by atoms with van der Waals surface area (Å²) in [5, 5.41) is 0.343. The van der Waals surface area contributed by atoms with Gasteiger partial charge in [0.25, 0.3) is 11.1 Å². The van der Waals surface area contributed by atoms with Crippen LogP contribution < -0.4 is 31.3 Å². The van der Waals surface area contributed by atoms with Crippen molar-refractivity contribution in [2.75, 3.05) is 34.4 Å². The number of ether oxygens (including phenoxy) is 2. The summed E-state index contributed by atoms with van der Waals surface area (Å²) in [6.07, 6.45) is 4.16. The van der Waals surface area contributed by atoms with Crippen LogP contribution in [-0.2, 0) is 0 Å². The lowest BCUT2D eigenvalue weighted by atomic mass is 10.2. The maximum atomic E-state index is 12.5. The molecule has 7 nitrogen and oxygen atoms in total.